The first-order chi connectivity index (χ1) is 10.8. The molecule has 0 spiro atoms. The van der Waals surface area contributed by atoms with E-state index in [9.17, 15) is 35.7 Å². The van der Waals surface area contributed by atoms with Crippen LogP contribution in [0.25, 0.3) is 0 Å². The highest BCUT2D eigenvalue weighted by molar-refractivity contribution is 4.93. The second kappa shape index (κ2) is 7.63. The minimum Gasteiger partial charge on any atom is -0.394 e. The van der Waals surface area contributed by atoms with Crippen molar-refractivity contribution in [2.75, 3.05) is 13.2 Å². The van der Waals surface area contributed by atoms with Crippen LogP contribution in [0.5, 0.6) is 0 Å². The monoisotopic (exact) mass is 342 g/mol. The maximum Gasteiger partial charge on any atom is 0.187 e. The van der Waals surface area contributed by atoms with Gasteiger partial charge in [0.05, 0.1) is 13.2 Å². The van der Waals surface area contributed by atoms with Gasteiger partial charge in [-0.05, 0) is 0 Å². The first kappa shape index (κ1) is 18.9. The SMILES string of the molecule is OC[C@@H]1O[C@@H](O[C@H]2[C@@H](O)[C@H](O)[C@@H](O)O[C@H]2CO)[C@@H](O)[C@H](O)[C@H]1O. The lowest BCUT2D eigenvalue weighted by atomic mass is 9.97. The summed E-state index contributed by atoms with van der Waals surface area (Å²) in [6.45, 7) is -1.35. The van der Waals surface area contributed by atoms with E-state index in [1.165, 1.54) is 0 Å². The Kier molecular flexibility index (Phi) is 6.27. The van der Waals surface area contributed by atoms with Gasteiger partial charge in [-0.1, -0.05) is 0 Å². The van der Waals surface area contributed by atoms with Crippen molar-refractivity contribution in [1.82, 2.24) is 0 Å². The van der Waals surface area contributed by atoms with Crippen molar-refractivity contribution in [3.8, 4) is 0 Å². The molecule has 0 aromatic heterocycles. The highest BCUT2D eigenvalue weighted by Crippen LogP contribution is 2.28. The minimum absolute atomic E-state index is 0.667. The fraction of sp³-hybridized carbons (Fsp3) is 1.00. The molecule has 0 amide bonds. The number of ether oxygens (including phenoxy) is 3. The lowest BCUT2D eigenvalue weighted by molar-refractivity contribution is -0.355. The molecule has 0 aromatic carbocycles. The molecule has 2 heterocycles. The fourth-order valence-electron chi connectivity index (χ4n) is 2.57. The average molecular weight is 342 g/mol. The number of aliphatic hydroxyl groups is 8. The van der Waals surface area contributed by atoms with Gasteiger partial charge >= 0.3 is 0 Å². The van der Waals surface area contributed by atoms with E-state index in [0.29, 0.717) is 0 Å². The van der Waals surface area contributed by atoms with Gasteiger partial charge in [0.1, 0.15) is 48.8 Å². The molecule has 0 aromatic rings. The van der Waals surface area contributed by atoms with E-state index in [1.807, 2.05) is 0 Å². The largest absolute Gasteiger partial charge is 0.394 e. The summed E-state index contributed by atoms with van der Waals surface area (Å²) in [5, 5.41) is 76.5. The zero-order valence-electron chi connectivity index (χ0n) is 12.0. The summed E-state index contributed by atoms with van der Waals surface area (Å²) in [7, 11) is 0. The molecule has 11 nitrogen and oxygen atoms in total. The van der Waals surface area contributed by atoms with E-state index >= 15 is 0 Å². The summed E-state index contributed by atoms with van der Waals surface area (Å²) in [6, 6.07) is 0. The summed E-state index contributed by atoms with van der Waals surface area (Å²) in [5.41, 5.74) is 0. The van der Waals surface area contributed by atoms with Crippen LogP contribution in [0.15, 0.2) is 0 Å². The van der Waals surface area contributed by atoms with Gasteiger partial charge in [0.25, 0.3) is 0 Å². The van der Waals surface area contributed by atoms with Crippen LogP contribution in [0.1, 0.15) is 0 Å². The maximum atomic E-state index is 9.94. The van der Waals surface area contributed by atoms with Gasteiger partial charge in [0.2, 0.25) is 0 Å². The Balaban J connectivity index is 2.11. The van der Waals surface area contributed by atoms with Gasteiger partial charge in [-0.2, -0.15) is 0 Å². The Bertz CT molecular complexity index is 378. The first-order valence-corrected chi connectivity index (χ1v) is 7.08. The molecule has 10 atom stereocenters. The van der Waals surface area contributed by atoms with Crippen LogP contribution in [-0.4, -0.2) is 115 Å². The van der Waals surface area contributed by atoms with E-state index in [2.05, 4.69) is 0 Å². The quantitative estimate of drug-likeness (QED) is 0.243. The Morgan fingerprint density at radius 1 is 0.652 bits per heavy atom. The van der Waals surface area contributed by atoms with Crippen molar-refractivity contribution in [2.45, 2.75) is 61.4 Å². The van der Waals surface area contributed by atoms with Crippen molar-refractivity contribution >= 4 is 0 Å². The van der Waals surface area contributed by atoms with Gasteiger partial charge < -0.3 is 55.1 Å². The Hall–Kier alpha value is -0.440. The summed E-state index contributed by atoms with van der Waals surface area (Å²) in [6.07, 6.45) is -15.6. The minimum atomic E-state index is -1.74. The van der Waals surface area contributed by atoms with Crippen molar-refractivity contribution in [1.29, 1.82) is 0 Å². The van der Waals surface area contributed by atoms with Crippen LogP contribution in [-0.2, 0) is 14.2 Å². The van der Waals surface area contributed by atoms with E-state index in [-0.39, 0.29) is 0 Å². The maximum absolute atomic E-state index is 9.94. The van der Waals surface area contributed by atoms with Gasteiger partial charge in [0.15, 0.2) is 12.6 Å². The van der Waals surface area contributed by atoms with Crippen LogP contribution < -0.4 is 0 Å². The van der Waals surface area contributed by atoms with Crippen molar-refractivity contribution in [2.24, 2.45) is 0 Å². The van der Waals surface area contributed by atoms with Crippen molar-refractivity contribution in [3.63, 3.8) is 0 Å². The Morgan fingerprint density at radius 3 is 1.83 bits per heavy atom. The van der Waals surface area contributed by atoms with Gasteiger partial charge in [0, 0.05) is 0 Å². The van der Waals surface area contributed by atoms with Crippen LogP contribution in [0.2, 0.25) is 0 Å². The molecule has 23 heavy (non-hydrogen) atoms. The van der Waals surface area contributed by atoms with E-state index < -0.39 is 74.6 Å². The van der Waals surface area contributed by atoms with Crippen LogP contribution in [0.4, 0.5) is 0 Å². The lowest BCUT2D eigenvalue weighted by Crippen LogP contribution is -2.64. The van der Waals surface area contributed by atoms with Crippen molar-refractivity contribution in [3.05, 3.63) is 0 Å². The Labute approximate surface area is 130 Å². The van der Waals surface area contributed by atoms with Crippen LogP contribution in [0, 0.1) is 0 Å². The molecule has 0 aliphatic carbocycles. The standard InChI is InChI=1S/C12H22O11/c13-1-3-5(15)6(16)9(19)12(22-3)23-10-4(2-14)21-11(20)8(18)7(10)17/h3-20H,1-2H2/t3-,4-,5-,6+,7-,8-,9-,10+,11-,12-/m0/s1. The normalized spacial score (nSPS) is 51.7. The molecule has 8 N–H and O–H groups in total. The summed E-state index contributed by atoms with van der Waals surface area (Å²) in [5.74, 6) is 0. The van der Waals surface area contributed by atoms with E-state index in [4.69, 9.17) is 19.3 Å². The predicted molar refractivity (Wildman–Crippen MR) is 68.6 cm³/mol. The number of hydrogen-bond acceptors (Lipinski definition) is 11. The molecule has 11 heteroatoms. The molecule has 136 valence electrons. The van der Waals surface area contributed by atoms with Crippen LogP contribution >= 0.6 is 0 Å². The second-order valence-corrected chi connectivity index (χ2v) is 5.53. The molecular weight excluding hydrogens is 320 g/mol. The number of hydrogen-bond donors (Lipinski definition) is 8. The highest BCUT2D eigenvalue weighted by atomic mass is 16.7. The molecule has 0 radical (unpaired) electrons. The topological polar surface area (TPSA) is 190 Å². The molecule has 0 unspecified atom stereocenters. The summed E-state index contributed by atoms with van der Waals surface area (Å²) >= 11 is 0. The highest BCUT2D eigenvalue weighted by Gasteiger charge is 2.50. The smallest absolute Gasteiger partial charge is 0.187 e. The Morgan fingerprint density at radius 2 is 1.26 bits per heavy atom. The van der Waals surface area contributed by atoms with Crippen molar-refractivity contribution < 1.29 is 55.1 Å². The van der Waals surface area contributed by atoms with Gasteiger partial charge in [-0.15, -0.1) is 0 Å². The summed E-state index contributed by atoms with van der Waals surface area (Å²) in [4.78, 5) is 0. The number of rotatable bonds is 4. The molecule has 0 bridgehead atoms. The molecule has 2 saturated heterocycles. The molecule has 0 saturated carbocycles. The third-order valence-electron chi connectivity index (χ3n) is 3.98. The first-order valence-electron chi connectivity index (χ1n) is 7.08. The van der Waals surface area contributed by atoms with E-state index in [0.717, 1.165) is 0 Å². The third-order valence-corrected chi connectivity index (χ3v) is 3.98. The third kappa shape index (κ3) is 3.65. The number of aliphatic hydroxyl groups excluding tert-OH is 8. The molecule has 2 aliphatic heterocycles. The zero-order chi connectivity index (χ0) is 17.3. The summed E-state index contributed by atoms with van der Waals surface area (Å²) < 4.78 is 15.3. The van der Waals surface area contributed by atoms with E-state index in [1.54, 1.807) is 0 Å². The van der Waals surface area contributed by atoms with Gasteiger partial charge in [-0.3, -0.25) is 0 Å². The molecular formula is C12H22O11. The lowest BCUT2D eigenvalue weighted by Gasteiger charge is -2.45. The predicted octanol–water partition coefficient (Wildman–Crippen LogP) is -5.40. The molecule has 2 fully saturated rings. The van der Waals surface area contributed by atoms with Gasteiger partial charge in [-0.25, -0.2) is 0 Å². The fourth-order valence-corrected chi connectivity index (χ4v) is 2.57. The average Bonchev–Trinajstić information content (AvgIpc) is 2.55. The zero-order valence-corrected chi connectivity index (χ0v) is 12.0. The molecule has 2 aliphatic rings. The second-order valence-electron chi connectivity index (χ2n) is 5.53. The van der Waals surface area contributed by atoms with Crippen LogP contribution in [0.3, 0.4) is 0 Å². The molecule has 2 rings (SSSR count).